The van der Waals surface area contributed by atoms with Crippen molar-refractivity contribution in [2.45, 2.75) is 26.8 Å². The van der Waals surface area contributed by atoms with Gasteiger partial charge < -0.3 is 10.2 Å². The molecule has 0 saturated heterocycles. The van der Waals surface area contributed by atoms with Crippen molar-refractivity contribution in [3.63, 3.8) is 0 Å². The lowest BCUT2D eigenvalue weighted by atomic mass is 10.1. The molecule has 2 aromatic carbocycles. The second kappa shape index (κ2) is 8.65. The molecule has 0 atom stereocenters. The maximum atomic E-state index is 12.2. The average molecular weight is 335 g/mol. The van der Waals surface area contributed by atoms with E-state index in [1.165, 1.54) is 6.92 Å². The molecule has 1 N–H and O–H groups in total. The molecule has 0 aliphatic heterocycles. The molecule has 2 aromatic rings. The smallest absolute Gasteiger partial charge is 0.226 e. The summed E-state index contributed by atoms with van der Waals surface area (Å²) in [6.45, 7) is 4.30. The van der Waals surface area contributed by atoms with Gasteiger partial charge in [-0.2, -0.15) is 5.26 Å². The van der Waals surface area contributed by atoms with Crippen LogP contribution < -0.4 is 5.32 Å². The van der Waals surface area contributed by atoms with Crippen LogP contribution in [0.5, 0.6) is 0 Å². The van der Waals surface area contributed by atoms with E-state index in [0.29, 0.717) is 24.3 Å². The van der Waals surface area contributed by atoms with E-state index in [4.69, 9.17) is 5.26 Å². The summed E-state index contributed by atoms with van der Waals surface area (Å²) in [5, 5.41) is 11.8. The van der Waals surface area contributed by atoms with Crippen LogP contribution in [-0.2, 0) is 16.1 Å². The second-order valence-corrected chi connectivity index (χ2v) is 5.82. The minimum absolute atomic E-state index is 0.0755. The predicted molar refractivity (Wildman–Crippen MR) is 96.7 cm³/mol. The molecule has 0 aliphatic carbocycles. The Morgan fingerprint density at radius 3 is 2.48 bits per heavy atom. The van der Waals surface area contributed by atoms with E-state index in [0.717, 1.165) is 11.1 Å². The molecule has 0 aromatic heterocycles. The van der Waals surface area contributed by atoms with Gasteiger partial charge in [0.2, 0.25) is 11.8 Å². The molecule has 5 heteroatoms. The van der Waals surface area contributed by atoms with Crippen molar-refractivity contribution in [3.8, 4) is 6.07 Å². The number of carbonyl (C=O) groups is 2. The SMILES string of the molecule is CC(=O)N(CCC(=O)Nc1ccccc1C#N)Cc1ccccc1C. The van der Waals surface area contributed by atoms with Crippen molar-refractivity contribution in [3.05, 3.63) is 65.2 Å². The van der Waals surface area contributed by atoms with Crippen LogP contribution in [-0.4, -0.2) is 23.3 Å². The summed E-state index contributed by atoms with van der Waals surface area (Å²) < 4.78 is 0. The summed E-state index contributed by atoms with van der Waals surface area (Å²) in [6, 6.07) is 16.8. The zero-order chi connectivity index (χ0) is 18.2. The molecule has 2 amide bonds. The van der Waals surface area contributed by atoms with Gasteiger partial charge in [0.05, 0.1) is 11.3 Å². The Morgan fingerprint density at radius 2 is 1.80 bits per heavy atom. The third-order valence-electron chi connectivity index (χ3n) is 4.00. The number of hydrogen-bond acceptors (Lipinski definition) is 3. The van der Waals surface area contributed by atoms with Gasteiger partial charge >= 0.3 is 0 Å². The van der Waals surface area contributed by atoms with Gasteiger partial charge in [0.1, 0.15) is 6.07 Å². The van der Waals surface area contributed by atoms with Crippen LogP contribution in [0.4, 0.5) is 5.69 Å². The maximum Gasteiger partial charge on any atom is 0.226 e. The molecular weight excluding hydrogens is 314 g/mol. The van der Waals surface area contributed by atoms with E-state index >= 15 is 0 Å². The highest BCUT2D eigenvalue weighted by Crippen LogP contribution is 2.14. The fraction of sp³-hybridized carbons (Fsp3) is 0.250. The minimum Gasteiger partial charge on any atom is -0.338 e. The van der Waals surface area contributed by atoms with Gasteiger partial charge in [0.15, 0.2) is 0 Å². The Kier molecular flexibility index (Phi) is 6.30. The van der Waals surface area contributed by atoms with Gasteiger partial charge in [-0.15, -0.1) is 0 Å². The summed E-state index contributed by atoms with van der Waals surface area (Å²) in [6.07, 6.45) is 0.172. The molecule has 25 heavy (non-hydrogen) atoms. The van der Waals surface area contributed by atoms with E-state index in [9.17, 15) is 9.59 Å². The first-order valence-electron chi connectivity index (χ1n) is 8.10. The number of aryl methyl sites for hydroxylation is 1. The van der Waals surface area contributed by atoms with Crippen molar-refractivity contribution in [2.75, 3.05) is 11.9 Å². The predicted octanol–water partition coefficient (Wildman–Crippen LogP) is 3.24. The van der Waals surface area contributed by atoms with E-state index in [2.05, 4.69) is 5.32 Å². The minimum atomic E-state index is -0.223. The number of rotatable bonds is 6. The highest BCUT2D eigenvalue weighted by Gasteiger charge is 2.13. The molecule has 0 fully saturated rings. The van der Waals surface area contributed by atoms with Crippen LogP contribution in [0.3, 0.4) is 0 Å². The number of carbonyl (C=O) groups excluding carboxylic acids is 2. The van der Waals surface area contributed by atoms with Crippen molar-refractivity contribution in [1.82, 2.24) is 4.90 Å². The third kappa shape index (κ3) is 5.18. The highest BCUT2D eigenvalue weighted by atomic mass is 16.2. The number of nitrogens with zero attached hydrogens (tertiary/aromatic N) is 2. The van der Waals surface area contributed by atoms with E-state index < -0.39 is 0 Å². The summed E-state index contributed by atoms with van der Waals surface area (Å²) >= 11 is 0. The number of nitrogens with one attached hydrogen (secondary N) is 1. The fourth-order valence-corrected chi connectivity index (χ4v) is 2.48. The molecule has 0 spiro atoms. The zero-order valence-electron chi connectivity index (χ0n) is 14.5. The Balaban J connectivity index is 1.97. The molecule has 0 saturated carbocycles. The molecule has 0 radical (unpaired) electrons. The average Bonchev–Trinajstić information content (AvgIpc) is 2.60. The van der Waals surface area contributed by atoms with Crippen molar-refractivity contribution in [2.24, 2.45) is 0 Å². The maximum absolute atomic E-state index is 12.2. The van der Waals surface area contributed by atoms with E-state index in [-0.39, 0.29) is 18.2 Å². The first-order valence-corrected chi connectivity index (χ1v) is 8.10. The molecule has 0 unspecified atom stereocenters. The monoisotopic (exact) mass is 335 g/mol. The lowest BCUT2D eigenvalue weighted by Gasteiger charge is -2.22. The number of para-hydroxylation sites is 1. The normalized spacial score (nSPS) is 9.96. The van der Waals surface area contributed by atoms with Crippen LogP contribution in [0.1, 0.15) is 30.0 Å². The Hall–Kier alpha value is -3.13. The van der Waals surface area contributed by atoms with Crippen LogP contribution in [0.25, 0.3) is 0 Å². The highest BCUT2D eigenvalue weighted by molar-refractivity contribution is 5.92. The zero-order valence-corrected chi connectivity index (χ0v) is 14.5. The quantitative estimate of drug-likeness (QED) is 0.881. The Labute approximate surface area is 147 Å². The largest absolute Gasteiger partial charge is 0.338 e. The van der Waals surface area contributed by atoms with E-state index in [1.54, 1.807) is 29.2 Å². The lowest BCUT2D eigenvalue weighted by Crippen LogP contribution is -2.31. The second-order valence-electron chi connectivity index (χ2n) is 5.82. The summed E-state index contributed by atoms with van der Waals surface area (Å²) in [7, 11) is 0. The summed E-state index contributed by atoms with van der Waals surface area (Å²) in [4.78, 5) is 25.7. The van der Waals surface area contributed by atoms with Crippen LogP contribution in [0, 0.1) is 18.3 Å². The molecule has 0 aliphatic rings. The number of amides is 2. The molecule has 128 valence electrons. The van der Waals surface area contributed by atoms with Crippen molar-refractivity contribution < 1.29 is 9.59 Å². The summed E-state index contributed by atoms with van der Waals surface area (Å²) in [5.74, 6) is -0.299. The Morgan fingerprint density at radius 1 is 1.12 bits per heavy atom. The topological polar surface area (TPSA) is 73.2 Å². The number of benzene rings is 2. The van der Waals surface area contributed by atoms with Crippen LogP contribution >= 0.6 is 0 Å². The number of anilines is 1. The lowest BCUT2D eigenvalue weighted by molar-refractivity contribution is -0.129. The van der Waals surface area contributed by atoms with Crippen molar-refractivity contribution in [1.29, 1.82) is 5.26 Å². The van der Waals surface area contributed by atoms with Gasteiger partial charge in [0.25, 0.3) is 0 Å². The van der Waals surface area contributed by atoms with Gasteiger partial charge in [0, 0.05) is 26.4 Å². The van der Waals surface area contributed by atoms with Gasteiger partial charge in [-0.05, 0) is 30.2 Å². The first-order chi connectivity index (χ1) is 12.0. The van der Waals surface area contributed by atoms with Crippen molar-refractivity contribution >= 4 is 17.5 Å². The Bertz CT molecular complexity index is 809. The standard InChI is InChI=1S/C20H21N3O2/c1-15-7-3-4-9-18(15)14-23(16(2)24)12-11-20(25)22-19-10-6-5-8-17(19)13-21/h3-10H,11-12,14H2,1-2H3,(H,22,25). The van der Waals surface area contributed by atoms with Gasteiger partial charge in [-0.1, -0.05) is 36.4 Å². The third-order valence-corrected chi connectivity index (χ3v) is 4.00. The molecule has 5 nitrogen and oxygen atoms in total. The molecule has 2 rings (SSSR count). The molecule has 0 bridgehead atoms. The molecular formula is C20H21N3O2. The molecule has 0 heterocycles. The summed E-state index contributed by atoms with van der Waals surface area (Å²) in [5.41, 5.74) is 3.08. The number of nitriles is 1. The van der Waals surface area contributed by atoms with Crippen LogP contribution in [0.15, 0.2) is 48.5 Å². The van der Waals surface area contributed by atoms with Crippen LogP contribution in [0.2, 0.25) is 0 Å². The van der Waals surface area contributed by atoms with Gasteiger partial charge in [-0.3, -0.25) is 9.59 Å². The van der Waals surface area contributed by atoms with E-state index in [1.807, 2.05) is 37.3 Å². The number of hydrogen-bond donors (Lipinski definition) is 1. The first kappa shape index (κ1) is 18.2. The van der Waals surface area contributed by atoms with Gasteiger partial charge in [-0.25, -0.2) is 0 Å². The fourth-order valence-electron chi connectivity index (χ4n) is 2.48.